The highest BCUT2D eigenvalue weighted by molar-refractivity contribution is 5.26. The maximum atomic E-state index is 9.35. The van der Waals surface area contributed by atoms with E-state index in [2.05, 4.69) is 9.88 Å². The minimum absolute atomic E-state index is 0.342. The second-order valence-electron chi connectivity index (χ2n) is 7.09. The molecule has 1 aliphatic heterocycles. The smallest absolute Gasteiger partial charge is 0.122 e. The van der Waals surface area contributed by atoms with Crippen LogP contribution in [0.25, 0.3) is 0 Å². The Morgan fingerprint density at radius 3 is 2.33 bits per heavy atom. The minimum atomic E-state index is 0.342. The van der Waals surface area contributed by atoms with Crippen LogP contribution in [0.5, 0.6) is 11.5 Å². The Bertz CT molecular complexity index is 645. The average Bonchev–Trinajstić information content (AvgIpc) is 3.13. The summed E-state index contributed by atoms with van der Waals surface area (Å²) in [4.78, 5) is 6.62. The van der Waals surface area contributed by atoms with Gasteiger partial charge in [-0.1, -0.05) is 12.1 Å². The fraction of sp³-hybridized carbons (Fsp3) is 0.450. The standard InChI is InChI=1S/C20H24N2O2/c23-18-3-1-15(2-4-18)7-10-22-13-16-11-20(12-17(16)14-22)24-19-5-8-21-9-6-19/h1-6,8-9,16-17,20,23H,7,10-14H2/t16-,17+,20+. The average molecular weight is 324 g/mol. The molecule has 1 saturated heterocycles. The van der Waals surface area contributed by atoms with Crippen molar-refractivity contribution in [2.75, 3.05) is 19.6 Å². The predicted octanol–water partition coefficient (Wildman–Crippen LogP) is 3.12. The molecule has 3 atom stereocenters. The molecule has 4 heteroatoms. The molecule has 1 saturated carbocycles. The number of fused-ring (bicyclic) bond motifs is 1. The number of ether oxygens (including phenoxy) is 1. The molecule has 2 aliphatic rings. The third-order valence-electron chi connectivity index (χ3n) is 5.39. The van der Waals surface area contributed by atoms with Crippen molar-refractivity contribution in [3.63, 3.8) is 0 Å². The van der Waals surface area contributed by atoms with E-state index in [1.807, 2.05) is 24.3 Å². The molecule has 4 nitrogen and oxygen atoms in total. The first-order valence-electron chi connectivity index (χ1n) is 8.83. The number of pyridine rings is 1. The molecule has 2 aromatic rings. The van der Waals surface area contributed by atoms with Crippen molar-refractivity contribution in [3.8, 4) is 11.5 Å². The number of phenolic OH excluding ortho intramolecular Hbond substituents is 1. The Balaban J connectivity index is 1.25. The molecule has 2 heterocycles. The fourth-order valence-corrected chi connectivity index (χ4v) is 4.18. The molecular formula is C20H24N2O2. The zero-order valence-electron chi connectivity index (χ0n) is 13.8. The SMILES string of the molecule is Oc1ccc(CCN2C[C@H]3C[C@H](Oc4ccncc4)C[C@H]3C2)cc1. The lowest BCUT2D eigenvalue weighted by Gasteiger charge is -2.19. The van der Waals surface area contributed by atoms with Gasteiger partial charge >= 0.3 is 0 Å². The van der Waals surface area contributed by atoms with Gasteiger partial charge in [0, 0.05) is 32.0 Å². The monoisotopic (exact) mass is 324 g/mol. The van der Waals surface area contributed by atoms with Crippen LogP contribution in [0.3, 0.4) is 0 Å². The van der Waals surface area contributed by atoms with Crippen molar-refractivity contribution in [2.45, 2.75) is 25.4 Å². The van der Waals surface area contributed by atoms with E-state index in [1.54, 1.807) is 24.5 Å². The van der Waals surface area contributed by atoms with E-state index in [-0.39, 0.29) is 0 Å². The first kappa shape index (κ1) is 15.5. The number of benzene rings is 1. The van der Waals surface area contributed by atoms with Gasteiger partial charge < -0.3 is 14.7 Å². The molecule has 2 fully saturated rings. The van der Waals surface area contributed by atoms with Crippen molar-refractivity contribution >= 4 is 0 Å². The van der Waals surface area contributed by atoms with Gasteiger partial charge in [-0.25, -0.2) is 0 Å². The van der Waals surface area contributed by atoms with E-state index < -0.39 is 0 Å². The Morgan fingerprint density at radius 2 is 1.67 bits per heavy atom. The summed E-state index contributed by atoms with van der Waals surface area (Å²) < 4.78 is 6.11. The van der Waals surface area contributed by atoms with Gasteiger partial charge in [-0.15, -0.1) is 0 Å². The zero-order chi connectivity index (χ0) is 16.4. The summed E-state index contributed by atoms with van der Waals surface area (Å²) in [5.74, 6) is 2.84. The van der Waals surface area contributed by atoms with E-state index in [0.29, 0.717) is 11.9 Å². The summed E-state index contributed by atoms with van der Waals surface area (Å²) >= 11 is 0. The highest BCUT2D eigenvalue weighted by Crippen LogP contribution is 2.39. The summed E-state index contributed by atoms with van der Waals surface area (Å²) in [6.07, 6.45) is 7.33. The summed E-state index contributed by atoms with van der Waals surface area (Å²) in [7, 11) is 0. The van der Waals surface area contributed by atoms with Gasteiger partial charge in [0.2, 0.25) is 0 Å². The highest BCUT2D eigenvalue weighted by atomic mass is 16.5. The lowest BCUT2D eigenvalue weighted by atomic mass is 10.0. The Kier molecular flexibility index (Phi) is 4.39. The fourth-order valence-electron chi connectivity index (χ4n) is 4.18. The normalized spacial score (nSPS) is 26.4. The lowest BCUT2D eigenvalue weighted by Crippen LogP contribution is -2.26. The number of rotatable bonds is 5. The molecule has 1 N–H and O–H groups in total. The molecule has 0 radical (unpaired) electrons. The summed E-state index contributed by atoms with van der Waals surface area (Å²) in [5, 5.41) is 9.35. The van der Waals surface area contributed by atoms with Gasteiger partial charge in [0.1, 0.15) is 11.5 Å². The Morgan fingerprint density at radius 1 is 1.00 bits per heavy atom. The third-order valence-corrected chi connectivity index (χ3v) is 5.39. The molecule has 1 aliphatic carbocycles. The van der Waals surface area contributed by atoms with E-state index >= 15 is 0 Å². The number of likely N-dealkylation sites (tertiary alicyclic amines) is 1. The van der Waals surface area contributed by atoms with Crippen LogP contribution < -0.4 is 4.74 Å². The second kappa shape index (κ2) is 6.81. The maximum Gasteiger partial charge on any atom is 0.122 e. The van der Waals surface area contributed by atoms with Crippen LogP contribution in [0.1, 0.15) is 18.4 Å². The van der Waals surface area contributed by atoms with Crippen LogP contribution in [-0.4, -0.2) is 40.7 Å². The van der Waals surface area contributed by atoms with E-state index in [0.717, 1.165) is 30.6 Å². The number of hydrogen-bond donors (Lipinski definition) is 1. The minimum Gasteiger partial charge on any atom is -0.508 e. The zero-order valence-corrected chi connectivity index (χ0v) is 13.8. The topological polar surface area (TPSA) is 45.6 Å². The first-order chi connectivity index (χ1) is 11.8. The summed E-state index contributed by atoms with van der Waals surface area (Å²) in [6, 6.07) is 11.5. The van der Waals surface area contributed by atoms with Crippen molar-refractivity contribution in [1.29, 1.82) is 0 Å². The van der Waals surface area contributed by atoms with Crippen LogP contribution in [0.15, 0.2) is 48.8 Å². The quantitative estimate of drug-likeness (QED) is 0.918. The predicted molar refractivity (Wildman–Crippen MR) is 93.1 cm³/mol. The van der Waals surface area contributed by atoms with Crippen molar-refractivity contribution in [1.82, 2.24) is 9.88 Å². The number of hydrogen-bond acceptors (Lipinski definition) is 4. The number of aromatic hydroxyl groups is 1. The largest absolute Gasteiger partial charge is 0.508 e. The van der Waals surface area contributed by atoms with E-state index in [4.69, 9.17) is 4.74 Å². The van der Waals surface area contributed by atoms with Crippen molar-refractivity contribution < 1.29 is 9.84 Å². The molecule has 0 amide bonds. The van der Waals surface area contributed by atoms with E-state index in [1.165, 1.54) is 31.5 Å². The second-order valence-corrected chi connectivity index (χ2v) is 7.09. The molecule has 0 unspecified atom stereocenters. The molecule has 24 heavy (non-hydrogen) atoms. The van der Waals surface area contributed by atoms with Gasteiger partial charge in [-0.05, 0) is 60.9 Å². The molecule has 126 valence electrons. The van der Waals surface area contributed by atoms with E-state index in [9.17, 15) is 5.11 Å². The molecular weight excluding hydrogens is 300 g/mol. The van der Waals surface area contributed by atoms with Crippen LogP contribution >= 0.6 is 0 Å². The van der Waals surface area contributed by atoms with Gasteiger partial charge in [0.05, 0.1) is 6.10 Å². The van der Waals surface area contributed by atoms with Gasteiger partial charge in [0.25, 0.3) is 0 Å². The van der Waals surface area contributed by atoms with Crippen LogP contribution in [0.2, 0.25) is 0 Å². The van der Waals surface area contributed by atoms with Crippen molar-refractivity contribution in [2.24, 2.45) is 11.8 Å². The highest BCUT2D eigenvalue weighted by Gasteiger charge is 2.41. The number of aromatic nitrogens is 1. The van der Waals surface area contributed by atoms with Crippen molar-refractivity contribution in [3.05, 3.63) is 54.4 Å². The Labute approximate surface area is 143 Å². The van der Waals surface area contributed by atoms with Crippen LogP contribution in [0.4, 0.5) is 0 Å². The molecule has 1 aromatic heterocycles. The molecule has 0 bridgehead atoms. The van der Waals surface area contributed by atoms with Crippen LogP contribution in [-0.2, 0) is 6.42 Å². The molecule has 0 spiro atoms. The maximum absolute atomic E-state index is 9.35. The molecule has 1 aromatic carbocycles. The lowest BCUT2D eigenvalue weighted by molar-refractivity contribution is 0.186. The first-order valence-corrected chi connectivity index (χ1v) is 8.83. The van der Waals surface area contributed by atoms with Gasteiger partial charge in [-0.2, -0.15) is 0 Å². The van der Waals surface area contributed by atoms with Crippen LogP contribution in [0, 0.1) is 11.8 Å². The third kappa shape index (κ3) is 3.54. The summed E-state index contributed by atoms with van der Waals surface area (Å²) in [6.45, 7) is 3.49. The number of phenols is 1. The number of nitrogens with zero attached hydrogens (tertiary/aromatic N) is 2. The Hall–Kier alpha value is -2.07. The van der Waals surface area contributed by atoms with Gasteiger partial charge in [0.15, 0.2) is 0 Å². The van der Waals surface area contributed by atoms with Gasteiger partial charge in [-0.3, -0.25) is 4.98 Å². The molecule has 4 rings (SSSR count). The summed E-state index contributed by atoms with van der Waals surface area (Å²) in [5.41, 5.74) is 1.30.